The minimum absolute atomic E-state index is 0.248. The van der Waals surface area contributed by atoms with Crippen molar-refractivity contribution in [3.8, 4) is 0 Å². The van der Waals surface area contributed by atoms with E-state index in [0.29, 0.717) is 12.8 Å². The van der Waals surface area contributed by atoms with Crippen molar-refractivity contribution in [2.24, 2.45) is 0 Å². The van der Waals surface area contributed by atoms with Crippen molar-refractivity contribution < 1.29 is 57.0 Å². The molecule has 7 N–H and O–H groups in total. The third-order valence-corrected chi connectivity index (χ3v) is 12.6. The van der Waals surface area contributed by atoms with Crippen LogP contribution < -0.4 is 5.32 Å². The molecule has 0 spiro atoms. The van der Waals surface area contributed by atoms with Gasteiger partial charge in [0, 0.05) is 0 Å². The number of amides is 1. The van der Waals surface area contributed by atoms with Gasteiger partial charge in [-0.3, -0.25) is 9.35 Å². The van der Waals surface area contributed by atoms with Gasteiger partial charge in [0.2, 0.25) is 5.91 Å². The van der Waals surface area contributed by atoms with Gasteiger partial charge in [-0.2, -0.15) is 8.42 Å². The molecule has 0 bridgehead atoms. The first-order valence-corrected chi connectivity index (χ1v) is 26.5. The summed E-state index contributed by atoms with van der Waals surface area (Å²) >= 11 is 0. The summed E-state index contributed by atoms with van der Waals surface area (Å²) in [5.74, 6) is -0.698. The van der Waals surface area contributed by atoms with E-state index in [1.807, 2.05) is 6.08 Å². The number of allylic oxidation sites excluding steroid dienone is 1. The zero-order valence-corrected chi connectivity index (χ0v) is 39.9. The highest BCUT2D eigenvalue weighted by atomic mass is 32.3. The fourth-order valence-corrected chi connectivity index (χ4v) is 8.68. The lowest BCUT2D eigenvalue weighted by Crippen LogP contribution is -2.61. The Bertz CT molecular complexity index is 1180. The summed E-state index contributed by atoms with van der Waals surface area (Å²) in [6.07, 6.45) is 31.4. The Kier molecular flexibility index (Phi) is 37.0. The lowest BCUT2D eigenvalue weighted by molar-refractivity contribution is -0.298. The molecular weight excluding hydrogens is 815 g/mol. The number of carbonyl (C=O) groups is 1. The van der Waals surface area contributed by atoms with Crippen molar-refractivity contribution in [3.05, 3.63) is 12.2 Å². The number of nitrogens with one attached hydrogen (secondary N) is 1. The summed E-state index contributed by atoms with van der Waals surface area (Å²) in [4.78, 5) is 13.1. The standard InChI is InChI=1S/C48H93NO12S/c1-3-5-7-9-11-13-15-17-19-20-21-23-25-27-29-31-33-35-37-42(52)47(55)49-40(39-59-48-45(54)46(61-62(56,57)58)44(53)43(38-50)60-48)41(51)36-34-32-30-28-26-24-22-18-16-14-12-10-8-6-4-2/h34,36,40-46,48,50-54H,3-33,35,37-39H2,1-2H3,(H,49,55)(H,56,57,58)/b36-34+. The third kappa shape index (κ3) is 30.8. The minimum Gasteiger partial charge on any atom is -0.394 e. The molecule has 0 aromatic rings. The minimum atomic E-state index is -5.12. The second-order valence-electron chi connectivity index (χ2n) is 17.9. The van der Waals surface area contributed by atoms with Gasteiger partial charge in [-0.15, -0.1) is 0 Å². The Balaban J connectivity index is 2.52. The molecule has 1 rings (SSSR count). The van der Waals surface area contributed by atoms with Gasteiger partial charge in [0.05, 0.1) is 25.4 Å². The summed E-state index contributed by atoms with van der Waals surface area (Å²) in [6, 6.07) is -1.11. The predicted octanol–water partition coefficient (Wildman–Crippen LogP) is 9.31. The molecule has 0 radical (unpaired) electrons. The number of hydrogen-bond donors (Lipinski definition) is 7. The second-order valence-corrected chi connectivity index (χ2v) is 19.0. The molecule has 1 fully saturated rings. The molecule has 13 nitrogen and oxygen atoms in total. The van der Waals surface area contributed by atoms with E-state index in [-0.39, 0.29) is 6.42 Å². The van der Waals surface area contributed by atoms with Gasteiger partial charge < -0.3 is 40.3 Å². The number of hydrogen-bond acceptors (Lipinski definition) is 11. The predicted molar refractivity (Wildman–Crippen MR) is 247 cm³/mol. The van der Waals surface area contributed by atoms with Crippen molar-refractivity contribution >= 4 is 16.3 Å². The average Bonchev–Trinajstić information content (AvgIpc) is 3.24. The lowest BCUT2D eigenvalue weighted by atomic mass is 9.99. The maximum absolute atomic E-state index is 13.1. The summed E-state index contributed by atoms with van der Waals surface area (Å²) in [5, 5.41) is 55.3. The molecule has 62 heavy (non-hydrogen) atoms. The van der Waals surface area contributed by atoms with Gasteiger partial charge in [0.25, 0.3) is 0 Å². The van der Waals surface area contributed by atoms with Crippen LogP contribution in [0.5, 0.6) is 0 Å². The molecule has 0 aliphatic carbocycles. The SMILES string of the molecule is CCCCCCCCCCCCCCC/C=C/C(O)C(COC1OC(CO)C(O)C(OS(=O)(=O)O)C1O)NC(=O)C(O)CCCCCCCCCCCCCCCCCCCC. The van der Waals surface area contributed by atoms with E-state index in [1.165, 1.54) is 154 Å². The first-order chi connectivity index (χ1) is 29.9. The van der Waals surface area contributed by atoms with Gasteiger partial charge in [0.1, 0.15) is 30.5 Å². The molecule has 8 unspecified atom stereocenters. The lowest BCUT2D eigenvalue weighted by Gasteiger charge is -2.41. The number of ether oxygens (including phenoxy) is 2. The molecule has 0 aromatic carbocycles. The number of unbranched alkanes of at least 4 members (excludes halogenated alkanes) is 30. The first-order valence-electron chi connectivity index (χ1n) is 25.2. The molecule has 1 heterocycles. The molecule has 8 atom stereocenters. The maximum atomic E-state index is 13.1. The van der Waals surface area contributed by atoms with Gasteiger partial charge in [-0.05, 0) is 19.3 Å². The van der Waals surface area contributed by atoms with Gasteiger partial charge in [0.15, 0.2) is 6.29 Å². The molecule has 368 valence electrons. The molecule has 0 aromatic heterocycles. The van der Waals surface area contributed by atoms with E-state index in [0.717, 1.165) is 38.5 Å². The average molecular weight is 908 g/mol. The first kappa shape index (κ1) is 58.8. The molecule has 0 saturated carbocycles. The highest BCUT2D eigenvalue weighted by molar-refractivity contribution is 7.80. The summed E-state index contributed by atoms with van der Waals surface area (Å²) in [7, 11) is -5.12. The summed E-state index contributed by atoms with van der Waals surface area (Å²) in [6.45, 7) is 3.24. The van der Waals surface area contributed by atoms with Gasteiger partial charge in [-0.1, -0.05) is 219 Å². The van der Waals surface area contributed by atoms with Crippen LogP contribution in [-0.4, -0.2) is 107 Å². The Hall–Kier alpha value is -1.20. The Morgan fingerprint density at radius 2 is 1.05 bits per heavy atom. The topological polar surface area (TPSA) is 212 Å². The van der Waals surface area contributed by atoms with Crippen molar-refractivity contribution in [1.82, 2.24) is 5.32 Å². The second kappa shape index (κ2) is 39.0. The number of aliphatic hydroxyl groups is 5. The van der Waals surface area contributed by atoms with Gasteiger partial charge >= 0.3 is 10.4 Å². The highest BCUT2D eigenvalue weighted by Crippen LogP contribution is 2.26. The number of aliphatic hydroxyl groups excluding tert-OH is 5. The molecule has 14 heteroatoms. The Labute approximate surface area is 377 Å². The van der Waals surface area contributed by atoms with Crippen molar-refractivity contribution in [2.45, 2.75) is 275 Å². The van der Waals surface area contributed by atoms with Crippen LogP contribution in [0.25, 0.3) is 0 Å². The molecule has 1 aliphatic rings. The monoisotopic (exact) mass is 908 g/mol. The quantitative estimate of drug-likeness (QED) is 0.0173. The van der Waals surface area contributed by atoms with E-state index in [4.69, 9.17) is 9.47 Å². The largest absolute Gasteiger partial charge is 0.397 e. The van der Waals surface area contributed by atoms with E-state index < -0.39 is 78.5 Å². The third-order valence-electron chi connectivity index (χ3n) is 12.2. The molecule has 1 amide bonds. The van der Waals surface area contributed by atoms with Crippen LogP contribution in [0.1, 0.15) is 226 Å². The molecular formula is C48H93NO12S. The van der Waals surface area contributed by atoms with Crippen LogP contribution in [-0.2, 0) is 28.9 Å². The van der Waals surface area contributed by atoms with E-state index in [2.05, 4.69) is 23.3 Å². The van der Waals surface area contributed by atoms with Gasteiger partial charge in [-0.25, -0.2) is 4.18 Å². The number of carbonyl (C=O) groups excluding carboxylic acids is 1. The molecule has 1 aliphatic heterocycles. The maximum Gasteiger partial charge on any atom is 0.397 e. The zero-order valence-electron chi connectivity index (χ0n) is 39.1. The van der Waals surface area contributed by atoms with Crippen LogP contribution in [0.3, 0.4) is 0 Å². The van der Waals surface area contributed by atoms with Crippen LogP contribution in [0.15, 0.2) is 12.2 Å². The Morgan fingerprint density at radius 1 is 0.645 bits per heavy atom. The fourth-order valence-electron chi connectivity index (χ4n) is 8.17. The smallest absolute Gasteiger partial charge is 0.394 e. The van der Waals surface area contributed by atoms with Crippen molar-refractivity contribution in [3.63, 3.8) is 0 Å². The van der Waals surface area contributed by atoms with E-state index >= 15 is 0 Å². The Morgan fingerprint density at radius 3 is 1.45 bits per heavy atom. The van der Waals surface area contributed by atoms with Crippen LogP contribution >= 0.6 is 0 Å². The number of rotatable bonds is 43. The van der Waals surface area contributed by atoms with Crippen LogP contribution in [0.2, 0.25) is 0 Å². The van der Waals surface area contributed by atoms with Crippen LogP contribution in [0, 0.1) is 0 Å². The fraction of sp³-hybridized carbons (Fsp3) is 0.938. The van der Waals surface area contributed by atoms with E-state index in [9.17, 15) is 43.3 Å². The normalized spacial score (nSPS) is 21.1. The van der Waals surface area contributed by atoms with E-state index in [1.54, 1.807) is 6.08 Å². The zero-order chi connectivity index (χ0) is 45.7. The van der Waals surface area contributed by atoms with Crippen molar-refractivity contribution in [1.29, 1.82) is 0 Å². The highest BCUT2D eigenvalue weighted by Gasteiger charge is 2.48. The summed E-state index contributed by atoms with van der Waals surface area (Å²) < 4.78 is 47.6. The van der Waals surface area contributed by atoms with Crippen molar-refractivity contribution in [2.75, 3.05) is 13.2 Å². The molecule has 1 saturated heterocycles. The van der Waals surface area contributed by atoms with Crippen LogP contribution in [0.4, 0.5) is 0 Å². The summed E-state index contributed by atoms with van der Waals surface area (Å²) in [5.41, 5.74) is 0.